The van der Waals surface area contributed by atoms with Crippen molar-refractivity contribution in [2.75, 3.05) is 20.7 Å². The molecule has 0 radical (unpaired) electrons. The van der Waals surface area contributed by atoms with Gasteiger partial charge in [0.15, 0.2) is 10.9 Å². The van der Waals surface area contributed by atoms with E-state index in [0.29, 0.717) is 35.7 Å². The van der Waals surface area contributed by atoms with Crippen LogP contribution in [0.15, 0.2) is 48.8 Å². The highest BCUT2D eigenvalue weighted by Crippen LogP contribution is 2.35. The predicted molar refractivity (Wildman–Crippen MR) is 161 cm³/mol. The number of ketones is 1. The molecule has 3 heterocycles. The van der Waals surface area contributed by atoms with Gasteiger partial charge in [-0.2, -0.15) is 4.68 Å². The molecule has 4 aromatic rings. The number of Topliss-reactive ketones (excluding diaryl/α,β-unsaturated/α-hetero) is 1. The predicted octanol–water partition coefficient (Wildman–Crippen LogP) is 6.98. The molecular formula is C31H34Cl2N4O4. The van der Waals surface area contributed by atoms with E-state index < -0.39 is 11.7 Å². The van der Waals surface area contributed by atoms with E-state index in [0.717, 1.165) is 32.5 Å². The second kappa shape index (κ2) is 11.2. The zero-order chi connectivity index (χ0) is 29.6. The summed E-state index contributed by atoms with van der Waals surface area (Å²) in [5.41, 5.74) is 3.17. The number of nitrogens with zero attached hydrogens (tertiary/aromatic N) is 4. The summed E-state index contributed by atoms with van der Waals surface area (Å²) in [6, 6.07) is 11.5. The minimum absolute atomic E-state index is 0.0282. The number of halogens is 2. The molecule has 0 saturated carbocycles. The van der Waals surface area contributed by atoms with E-state index in [1.807, 2.05) is 50.6 Å². The van der Waals surface area contributed by atoms with Gasteiger partial charge in [0.05, 0.1) is 12.5 Å². The molecule has 0 N–H and O–H groups in total. The molecule has 0 amide bonds. The second-order valence-corrected chi connectivity index (χ2v) is 12.6. The lowest BCUT2D eigenvalue weighted by atomic mass is 9.89. The summed E-state index contributed by atoms with van der Waals surface area (Å²) in [7, 11) is 4.06. The van der Waals surface area contributed by atoms with Crippen LogP contribution in [-0.4, -0.2) is 63.5 Å². The lowest BCUT2D eigenvalue weighted by Gasteiger charge is -2.24. The fourth-order valence-corrected chi connectivity index (χ4v) is 5.39. The third-order valence-electron chi connectivity index (χ3n) is 7.35. The number of rotatable bonds is 6. The number of benzene rings is 2. The minimum Gasteiger partial charge on any atom is -0.493 e. The van der Waals surface area contributed by atoms with Crippen LogP contribution in [-0.2, 0) is 17.7 Å². The van der Waals surface area contributed by atoms with Gasteiger partial charge < -0.3 is 18.9 Å². The van der Waals surface area contributed by atoms with Crippen LogP contribution in [0.5, 0.6) is 5.75 Å². The van der Waals surface area contributed by atoms with Gasteiger partial charge in [-0.15, -0.1) is 5.10 Å². The minimum atomic E-state index is -0.667. The molecule has 1 aliphatic rings. The first-order chi connectivity index (χ1) is 19.3. The Labute approximate surface area is 249 Å². The third kappa shape index (κ3) is 6.15. The highest BCUT2D eigenvalue weighted by atomic mass is 35.5. The van der Waals surface area contributed by atoms with E-state index in [2.05, 4.69) is 21.5 Å². The molecule has 216 valence electrons. The van der Waals surface area contributed by atoms with Gasteiger partial charge in [-0.25, -0.2) is 4.79 Å². The third-order valence-corrected chi connectivity index (χ3v) is 7.86. The molecule has 0 bridgehead atoms. The highest BCUT2D eigenvalue weighted by molar-refractivity contribution is 6.32. The van der Waals surface area contributed by atoms with Gasteiger partial charge >= 0.3 is 6.09 Å². The SMILES string of the molecule is C[C@@H](Cn1cc(C(=O)C2COc3ccc(Cl)cc3C2)c2ccc(-c3cn(C(=O)OC(C)(C)C)nc3Cl)cc21)N(C)C. The first-order valence-electron chi connectivity index (χ1n) is 13.5. The summed E-state index contributed by atoms with van der Waals surface area (Å²) < 4.78 is 14.6. The summed E-state index contributed by atoms with van der Waals surface area (Å²) in [5.74, 6) is 0.474. The van der Waals surface area contributed by atoms with Crippen molar-refractivity contribution < 1.29 is 19.1 Å². The fourth-order valence-electron chi connectivity index (χ4n) is 4.95. The smallest absolute Gasteiger partial charge is 0.435 e. The van der Waals surface area contributed by atoms with E-state index in [1.165, 1.54) is 0 Å². The molecule has 10 heteroatoms. The Morgan fingerprint density at radius 3 is 2.61 bits per heavy atom. The summed E-state index contributed by atoms with van der Waals surface area (Å²) in [6.07, 6.45) is 3.46. The molecule has 5 rings (SSSR count). The molecule has 0 aliphatic carbocycles. The summed E-state index contributed by atoms with van der Waals surface area (Å²) >= 11 is 12.7. The summed E-state index contributed by atoms with van der Waals surface area (Å²) in [6.45, 7) is 8.49. The van der Waals surface area contributed by atoms with Crippen molar-refractivity contribution in [1.82, 2.24) is 19.2 Å². The van der Waals surface area contributed by atoms with Crippen LogP contribution in [0.3, 0.4) is 0 Å². The number of carbonyl (C=O) groups excluding carboxylic acids is 2. The Kier molecular flexibility index (Phi) is 7.94. The number of likely N-dealkylation sites (N-methyl/N-ethyl adjacent to an activating group) is 1. The van der Waals surface area contributed by atoms with E-state index >= 15 is 0 Å². The van der Waals surface area contributed by atoms with Crippen molar-refractivity contribution in [3.8, 4) is 16.9 Å². The molecular weight excluding hydrogens is 563 g/mol. The lowest BCUT2D eigenvalue weighted by molar-refractivity contribution is 0.0514. The van der Waals surface area contributed by atoms with Crippen molar-refractivity contribution in [2.45, 2.75) is 52.3 Å². The Hall–Kier alpha value is -3.33. The van der Waals surface area contributed by atoms with E-state index in [1.54, 1.807) is 33.0 Å². The molecule has 1 unspecified atom stereocenters. The molecule has 2 atom stereocenters. The zero-order valence-electron chi connectivity index (χ0n) is 24.1. The number of fused-ring (bicyclic) bond motifs is 2. The van der Waals surface area contributed by atoms with Crippen LogP contribution in [0.4, 0.5) is 4.79 Å². The van der Waals surface area contributed by atoms with Gasteiger partial charge in [-0.05, 0) is 83.6 Å². The molecule has 0 saturated heterocycles. The van der Waals surface area contributed by atoms with Crippen LogP contribution in [0, 0.1) is 5.92 Å². The van der Waals surface area contributed by atoms with Crippen molar-refractivity contribution in [3.63, 3.8) is 0 Å². The van der Waals surface area contributed by atoms with Crippen molar-refractivity contribution in [3.05, 3.63) is 70.1 Å². The first-order valence-corrected chi connectivity index (χ1v) is 14.3. The summed E-state index contributed by atoms with van der Waals surface area (Å²) in [4.78, 5) is 28.6. The van der Waals surface area contributed by atoms with Crippen LogP contribution in [0.1, 0.15) is 43.6 Å². The molecule has 1 aliphatic heterocycles. The van der Waals surface area contributed by atoms with Gasteiger partial charge in [-0.3, -0.25) is 4.79 Å². The zero-order valence-corrected chi connectivity index (χ0v) is 25.6. The number of carbonyl (C=O) groups is 2. The quantitative estimate of drug-likeness (QED) is 0.223. The Balaban J connectivity index is 1.53. The van der Waals surface area contributed by atoms with Crippen LogP contribution in [0.2, 0.25) is 10.2 Å². The average Bonchev–Trinajstić information content (AvgIpc) is 3.47. The number of hydrogen-bond donors (Lipinski definition) is 0. The molecule has 2 aromatic heterocycles. The Bertz CT molecular complexity index is 1630. The standard InChI is InChI=1S/C31H34Cl2N4O4/c1-18(35(5)6)14-36-15-25(28(38)21-11-20-12-22(32)8-10-27(20)40-17-21)23-9-7-19(13-26(23)36)24-16-37(34-29(24)33)30(39)41-31(2,3)4/h7-10,12-13,15-16,18,21H,11,14,17H2,1-6H3/t18-,21?/m0/s1. The second-order valence-electron chi connectivity index (χ2n) is 11.8. The maximum absolute atomic E-state index is 13.9. The van der Waals surface area contributed by atoms with E-state index in [4.69, 9.17) is 32.7 Å². The maximum atomic E-state index is 13.9. The number of aromatic nitrogens is 3. The molecule has 2 aromatic carbocycles. The van der Waals surface area contributed by atoms with Gasteiger partial charge in [0.1, 0.15) is 11.4 Å². The molecule has 41 heavy (non-hydrogen) atoms. The van der Waals surface area contributed by atoms with Gasteiger partial charge in [0, 0.05) is 52.0 Å². The molecule has 8 nitrogen and oxygen atoms in total. The van der Waals surface area contributed by atoms with Crippen molar-refractivity contribution in [1.29, 1.82) is 0 Å². The Morgan fingerprint density at radius 1 is 1.15 bits per heavy atom. The first kappa shape index (κ1) is 29.2. The maximum Gasteiger partial charge on any atom is 0.435 e. The average molecular weight is 598 g/mol. The number of ether oxygens (including phenoxy) is 2. The number of hydrogen-bond acceptors (Lipinski definition) is 6. The Morgan fingerprint density at radius 2 is 1.90 bits per heavy atom. The van der Waals surface area contributed by atoms with Crippen LogP contribution in [0.25, 0.3) is 22.0 Å². The van der Waals surface area contributed by atoms with Crippen molar-refractivity contribution >= 4 is 46.0 Å². The van der Waals surface area contributed by atoms with Gasteiger partial charge in [0.2, 0.25) is 0 Å². The molecule has 0 fully saturated rings. The van der Waals surface area contributed by atoms with E-state index in [9.17, 15) is 9.59 Å². The normalized spacial score (nSPS) is 16.0. The van der Waals surface area contributed by atoms with Crippen LogP contribution < -0.4 is 4.74 Å². The monoisotopic (exact) mass is 596 g/mol. The van der Waals surface area contributed by atoms with E-state index in [-0.39, 0.29) is 22.9 Å². The van der Waals surface area contributed by atoms with Crippen LogP contribution >= 0.6 is 23.2 Å². The van der Waals surface area contributed by atoms with Crippen molar-refractivity contribution in [2.24, 2.45) is 5.92 Å². The highest BCUT2D eigenvalue weighted by Gasteiger charge is 2.30. The summed E-state index contributed by atoms with van der Waals surface area (Å²) in [5, 5.41) is 5.83. The lowest BCUT2D eigenvalue weighted by Crippen LogP contribution is -2.29. The topological polar surface area (TPSA) is 78.6 Å². The largest absolute Gasteiger partial charge is 0.493 e. The van der Waals surface area contributed by atoms with Gasteiger partial charge in [-0.1, -0.05) is 35.3 Å². The fraction of sp³-hybridized carbons (Fsp3) is 0.387. The molecule has 0 spiro atoms. The van der Waals surface area contributed by atoms with Gasteiger partial charge in [0.25, 0.3) is 0 Å².